The smallest absolute Gasteiger partial charge is 0.119 e. The third-order valence-corrected chi connectivity index (χ3v) is 3.46. The van der Waals surface area contributed by atoms with Crippen molar-refractivity contribution < 1.29 is 4.74 Å². The van der Waals surface area contributed by atoms with E-state index in [1.807, 2.05) is 36.7 Å². The number of anilines is 1. The zero-order chi connectivity index (χ0) is 13.8. The van der Waals surface area contributed by atoms with Gasteiger partial charge in [-0.25, -0.2) is 0 Å². The van der Waals surface area contributed by atoms with Crippen LogP contribution in [0.5, 0.6) is 5.75 Å². The van der Waals surface area contributed by atoms with Gasteiger partial charge in [0, 0.05) is 31.0 Å². The molecule has 100 valence electrons. The van der Waals surface area contributed by atoms with Gasteiger partial charge in [0.05, 0.1) is 18.2 Å². The number of nitrogens with zero attached hydrogens (tertiary/aromatic N) is 3. The van der Waals surface area contributed by atoms with Crippen molar-refractivity contribution in [3.8, 4) is 11.8 Å². The summed E-state index contributed by atoms with van der Waals surface area (Å²) in [6, 6.07) is 13.4. The first-order chi connectivity index (χ1) is 9.85. The highest BCUT2D eigenvalue weighted by atomic mass is 16.5. The quantitative estimate of drug-likeness (QED) is 0.856. The Labute approximate surface area is 118 Å². The molecule has 1 aromatic carbocycles. The molecule has 1 saturated heterocycles. The van der Waals surface area contributed by atoms with Crippen LogP contribution < -0.4 is 9.64 Å². The summed E-state index contributed by atoms with van der Waals surface area (Å²) in [5.41, 5.74) is 1.84. The molecule has 0 bridgehead atoms. The molecular weight excluding hydrogens is 250 g/mol. The third-order valence-electron chi connectivity index (χ3n) is 3.46. The normalized spacial score (nSPS) is 17.8. The van der Waals surface area contributed by atoms with Crippen LogP contribution >= 0.6 is 0 Å². The second-order valence-electron chi connectivity index (χ2n) is 4.82. The lowest BCUT2D eigenvalue weighted by atomic mass is 10.2. The molecule has 1 aliphatic rings. The second-order valence-corrected chi connectivity index (χ2v) is 4.82. The molecule has 0 spiro atoms. The summed E-state index contributed by atoms with van der Waals surface area (Å²) in [6.07, 6.45) is 4.81. The Kier molecular flexibility index (Phi) is 3.51. The lowest BCUT2D eigenvalue weighted by Crippen LogP contribution is -2.24. The molecule has 2 aromatic rings. The van der Waals surface area contributed by atoms with Crippen molar-refractivity contribution in [3.63, 3.8) is 0 Å². The van der Waals surface area contributed by atoms with Crippen molar-refractivity contribution in [1.29, 1.82) is 5.26 Å². The largest absolute Gasteiger partial charge is 0.489 e. The molecule has 2 heterocycles. The molecule has 1 fully saturated rings. The summed E-state index contributed by atoms with van der Waals surface area (Å²) < 4.78 is 5.96. The number of benzene rings is 1. The number of hydrogen-bond donors (Lipinski definition) is 0. The van der Waals surface area contributed by atoms with E-state index in [9.17, 15) is 0 Å². The summed E-state index contributed by atoms with van der Waals surface area (Å²) in [5, 5.41) is 8.77. The van der Waals surface area contributed by atoms with Crippen LogP contribution in [0.15, 0.2) is 48.8 Å². The van der Waals surface area contributed by atoms with E-state index < -0.39 is 0 Å². The first-order valence-corrected chi connectivity index (χ1v) is 6.67. The zero-order valence-electron chi connectivity index (χ0n) is 11.1. The Morgan fingerprint density at radius 2 is 1.90 bits per heavy atom. The molecule has 1 aliphatic heterocycles. The number of rotatable bonds is 3. The standard InChI is InChI=1S/C16H15N3O/c17-11-13-1-3-15(4-2-13)20-16-7-10-19(12-16)14-5-8-18-9-6-14/h1-6,8-9,16H,7,10,12H2. The van der Waals surface area contributed by atoms with Crippen LogP contribution in [0.25, 0.3) is 0 Å². The van der Waals surface area contributed by atoms with E-state index in [0.29, 0.717) is 5.56 Å². The Morgan fingerprint density at radius 3 is 2.60 bits per heavy atom. The van der Waals surface area contributed by atoms with Crippen LogP contribution in [-0.2, 0) is 0 Å². The molecule has 0 radical (unpaired) electrons. The van der Waals surface area contributed by atoms with E-state index in [-0.39, 0.29) is 6.10 Å². The van der Waals surface area contributed by atoms with Crippen LogP contribution in [0.1, 0.15) is 12.0 Å². The summed E-state index contributed by atoms with van der Waals surface area (Å²) >= 11 is 0. The van der Waals surface area contributed by atoms with Gasteiger partial charge in [0.25, 0.3) is 0 Å². The predicted octanol–water partition coefficient (Wildman–Crippen LogP) is 2.61. The van der Waals surface area contributed by atoms with E-state index in [2.05, 4.69) is 16.0 Å². The minimum absolute atomic E-state index is 0.191. The van der Waals surface area contributed by atoms with Crippen molar-refractivity contribution in [2.24, 2.45) is 0 Å². The van der Waals surface area contributed by atoms with Crippen molar-refractivity contribution in [3.05, 3.63) is 54.4 Å². The fraction of sp³-hybridized carbons (Fsp3) is 0.250. The molecule has 20 heavy (non-hydrogen) atoms. The van der Waals surface area contributed by atoms with Gasteiger partial charge in [-0.1, -0.05) is 0 Å². The van der Waals surface area contributed by atoms with E-state index in [0.717, 1.165) is 25.3 Å². The molecule has 0 N–H and O–H groups in total. The zero-order valence-corrected chi connectivity index (χ0v) is 11.1. The summed E-state index contributed by atoms with van der Waals surface area (Å²) in [6.45, 7) is 1.87. The van der Waals surface area contributed by atoms with Crippen LogP contribution in [-0.4, -0.2) is 24.2 Å². The van der Waals surface area contributed by atoms with Crippen LogP contribution in [0.4, 0.5) is 5.69 Å². The number of pyridine rings is 1. The van der Waals surface area contributed by atoms with Gasteiger partial charge in [-0.3, -0.25) is 4.98 Å². The summed E-state index contributed by atoms with van der Waals surface area (Å²) in [5.74, 6) is 0.825. The number of nitriles is 1. The van der Waals surface area contributed by atoms with Crippen LogP contribution in [0.2, 0.25) is 0 Å². The third kappa shape index (κ3) is 2.72. The summed E-state index contributed by atoms with van der Waals surface area (Å²) in [7, 11) is 0. The highest BCUT2D eigenvalue weighted by Crippen LogP contribution is 2.23. The van der Waals surface area contributed by atoms with Gasteiger partial charge in [0.1, 0.15) is 11.9 Å². The maximum atomic E-state index is 8.77. The monoisotopic (exact) mass is 265 g/mol. The molecule has 0 saturated carbocycles. The molecule has 1 atom stereocenters. The molecular formula is C16H15N3O. The molecule has 0 amide bonds. The van der Waals surface area contributed by atoms with E-state index >= 15 is 0 Å². The average Bonchev–Trinajstić information content (AvgIpc) is 2.97. The highest BCUT2D eigenvalue weighted by Gasteiger charge is 2.24. The molecule has 1 aromatic heterocycles. The van der Waals surface area contributed by atoms with Gasteiger partial charge >= 0.3 is 0 Å². The van der Waals surface area contributed by atoms with Gasteiger partial charge in [-0.2, -0.15) is 5.26 Å². The SMILES string of the molecule is N#Cc1ccc(OC2CCN(c3ccncc3)C2)cc1. The second kappa shape index (κ2) is 5.62. The van der Waals surface area contributed by atoms with Gasteiger partial charge in [-0.05, 0) is 36.4 Å². The van der Waals surface area contributed by atoms with Crippen molar-refractivity contribution in [2.45, 2.75) is 12.5 Å². The lowest BCUT2D eigenvalue weighted by molar-refractivity contribution is 0.225. The maximum Gasteiger partial charge on any atom is 0.119 e. The fourth-order valence-corrected chi connectivity index (χ4v) is 2.41. The average molecular weight is 265 g/mol. The molecule has 1 unspecified atom stereocenters. The van der Waals surface area contributed by atoms with Crippen molar-refractivity contribution >= 4 is 5.69 Å². The number of aromatic nitrogens is 1. The Hall–Kier alpha value is -2.54. The van der Waals surface area contributed by atoms with Gasteiger partial charge in [0.2, 0.25) is 0 Å². The number of ether oxygens (including phenoxy) is 1. The van der Waals surface area contributed by atoms with E-state index in [1.165, 1.54) is 5.69 Å². The highest BCUT2D eigenvalue weighted by molar-refractivity contribution is 5.46. The van der Waals surface area contributed by atoms with Crippen LogP contribution in [0.3, 0.4) is 0 Å². The maximum absolute atomic E-state index is 8.77. The van der Waals surface area contributed by atoms with Gasteiger partial charge in [-0.15, -0.1) is 0 Å². The summed E-state index contributed by atoms with van der Waals surface area (Å²) in [4.78, 5) is 6.34. The first-order valence-electron chi connectivity index (χ1n) is 6.67. The molecule has 3 rings (SSSR count). The van der Waals surface area contributed by atoms with Gasteiger partial charge in [0.15, 0.2) is 0 Å². The Bertz CT molecular complexity index is 604. The van der Waals surface area contributed by atoms with Crippen molar-refractivity contribution in [2.75, 3.05) is 18.0 Å². The first kappa shape index (κ1) is 12.5. The molecule has 0 aliphatic carbocycles. The predicted molar refractivity (Wildman–Crippen MR) is 76.6 cm³/mol. The van der Waals surface area contributed by atoms with E-state index in [1.54, 1.807) is 12.1 Å². The lowest BCUT2D eigenvalue weighted by Gasteiger charge is -2.18. The fourth-order valence-electron chi connectivity index (χ4n) is 2.41. The minimum Gasteiger partial charge on any atom is -0.489 e. The topological polar surface area (TPSA) is 49.1 Å². The van der Waals surface area contributed by atoms with E-state index in [4.69, 9.17) is 10.00 Å². The molecule has 4 heteroatoms. The minimum atomic E-state index is 0.191. The molecule has 4 nitrogen and oxygen atoms in total. The Balaban J connectivity index is 1.61. The Morgan fingerprint density at radius 1 is 1.15 bits per heavy atom. The van der Waals surface area contributed by atoms with Crippen LogP contribution in [0, 0.1) is 11.3 Å². The number of hydrogen-bond acceptors (Lipinski definition) is 4. The van der Waals surface area contributed by atoms with Crippen molar-refractivity contribution in [1.82, 2.24) is 4.98 Å². The van der Waals surface area contributed by atoms with Gasteiger partial charge < -0.3 is 9.64 Å².